The Morgan fingerprint density at radius 3 is 2.71 bits per heavy atom. The van der Waals surface area contributed by atoms with Gasteiger partial charge in [-0.1, -0.05) is 12.1 Å². The topological polar surface area (TPSA) is 117 Å². The highest BCUT2D eigenvalue weighted by Gasteiger charge is 2.18. The molecule has 1 fully saturated rings. The van der Waals surface area contributed by atoms with Crippen LogP contribution in [-0.2, 0) is 0 Å². The van der Waals surface area contributed by atoms with E-state index in [4.69, 9.17) is 9.72 Å². The van der Waals surface area contributed by atoms with Crippen LogP contribution in [0.25, 0.3) is 56.0 Å². The molecule has 5 aromatic heterocycles. The summed E-state index contributed by atoms with van der Waals surface area (Å²) in [6.45, 7) is 1.92. The Kier molecular flexibility index (Phi) is 5.51. The van der Waals surface area contributed by atoms with Crippen molar-refractivity contribution in [2.24, 2.45) is 0 Å². The first-order valence-electron chi connectivity index (χ1n) is 12.5. The van der Waals surface area contributed by atoms with Crippen LogP contribution in [0.3, 0.4) is 0 Å². The summed E-state index contributed by atoms with van der Waals surface area (Å²) in [6.07, 6.45) is 9.09. The Hall–Kier alpha value is -4.70. The van der Waals surface area contributed by atoms with Crippen molar-refractivity contribution in [1.82, 2.24) is 40.4 Å². The molecule has 38 heavy (non-hydrogen) atoms. The lowest BCUT2D eigenvalue weighted by Gasteiger charge is -2.23. The summed E-state index contributed by atoms with van der Waals surface area (Å²) >= 11 is 0. The van der Waals surface area contributed by atoms with Crippen molar-refractivity contribution in [1.29, 1.82) is 0 Å². The van der Waals surface area contributed by atoms with Crippen molar-refractivity contribution in [2.45, 2.75) is 18.9 Å². The number of hydrogen-bond donors (Lipinski definition) is 3. The van der Waals surface area contributed by atoms with Gasteiger partial charge in [-0.15, -0.1) is 0 Å². The number of benzene rings is 1. The van der Waals surface area contributed by atoms with E-state index in [1.807, 2.05) is 24.3 Å². The summed E-state index contributed by atoms with van der Waals surface area (Å²) in [5.74, 6) is 0.989. The molecule has 7 rings (SSSR count). The molecule has 188 valence electrons. The van der Waals surface area contributed by atoms with Crippen molar-refractivity contribution in [2.75, 3.05) is 13.1 Å². The molecule has 1 saturated heterocycles. The van der Waals surface area contributed by atoms with Gasteiger partial charge in [0, 0.05) is 28.9 Å². The molecule has 0 amide bonds. The fourth-order valence-electron chi connectivity index (χ4n) is 4.88. The van der Waals surface area contributed by atoms with Crippen molar-refractivity contribution < 1.29 is 9.13 Å². The lowest BCUT2D eigenvalue weighted by molar-refractivity contribution is 0.162. The minimum absolute atomic E-state index is 0.184. The van der Waals surface area contributed by atoms with E-state index in [1.54, 1.807) is 30.9 Å². The highest BCUT2D eigenvalue weighted by molar-refractivity contribution is 5.96. The molecule has 0 bridgehead atoms. The Balaban J connectivity index is 1.26. The summed E-state index contributed by atoms with van der Waals surface area (Å²) in [4.78, 5) is 21.6. The number of piperidine rings is 1. The number of H-pyrrole nitrogens is 2. The zero-order valence-electron chi connectivity index (χ0n) is 20.3. The van der Waals surface area contributed by atoms with Gasteiger partial charge in [0.1, 0.15) is 28.9 Å². The van der Waals surface area contributed by atoms with Gasteiger partial charge in [0.05, 0.1) is 34.8 Å². The maximum atomic E-state index is 13.9. The van der Waals surface area contributed by atoms with Gasteiger partial charge in [0.2, 0.25) is 0 Å². The third-order valence-corrected chi connectivity index (χ3v) is 6.77. The third-order valence-electron chi connectivity index (χ3n) is 6.77. The molecule has 0 unspecified atom stereocenters. The van der Waals surface area contributed by atoms with Gasteiger partial charge in [-0.3, -0.25) is 20.1 Å². The van der Waals surface area contributed by atoms with Gasteiger partial charge < -0.3 is 15.0 Å². The fraction of sp³-hybridized carbons (Fsp3) is 0.179. The first kappa shape index (κ1) is 22.5. The monoisotopic (exact) mass is 506 g/mol. The summed E-state index contributed by atoms with van der Waals surface area (Å²) in [7, 11) is 0. The third kappa shape index (κ3) is 4.14. The predicted molar refractivity (Wildman–Crippen MR) is 142 cm³/mol. The quantitative estimate of drug-likeness (QED) is 0.305. The van der Waals surface area contributed by atoms with Crippen LogP contribution in [0.15, 0.2) is 67.3 Å². The second-order valence-corrected chi connectivity index (χ2v) is 9.32. The summed E-state index contributed by atoms with van der Waals surface area (Å²) < 4.78 is 20.1. The van der Waals surface area contributed by atoms with E-state index in [1.165, 1.54) is 12.1 Å². The van der Waals surface area contributed by atoms with E-state index in [0.717, 1.165) is 59.4 Å². The lowest BCUT2D eigenvalue weighted by atomic mass is 10.1. The smallest absolute Gasteiger partial charge is 0.159 e. The highest BCUT2D eigenvalue weighted by Crippen LogP contribution is 2.32. The molecule has 9 nitrogen and oxygen atoms in total. The molecule has 6 aromatic rings. The molecule has 0 aliphatic carbocycles. The molecule has 1 aromatic carbocycles. The zero-order valence-corrected chi connectivity index (χ0v) is 20.3. The van der Waals surface area contributed by atoms with Crippen LogP contribution in [0.5, 0.6) is 5.75 Å². The second-order valence-electron chi connectivity index (χ2n) is 9.32. The normalized spacial score (nSPS) is 14.3. The molecule has 0 atom stereocenters. The summed E-state index contributed by atoms with van der Waals surface area (Å²) in [5, 5.41) is 11.8. The Bertz CT molecular complexity index is 1770. The Morgan fingerprint density at radius 1 is 0.895 bits per heavy atom. The SMILES string of the molecule is Fc1cccc(-c2nccc3[nH]c(-c4n[nH]c5cnc(-c6cncc(OC7CCNCC7)c6)cc45)nc23)c1. The average molecular weight is 507 g/mol. The number of ether oxygens (including phenoxy) is 1. The van der Waals surface area contributed by atoms with Crippen LogP contribution in [0, 0.1) is 5.82 Å². The van der Waals surface area contributed by atoms with E-state index in [9.17, 15) is 4.39 Å². The van der Waals surface area contributed by atoms with Crippen LogP contribution < -0.4 is 10.1 Å². The van der Waals surface area contributed by atoms with Gasteiger partial charge in [-0.2, -0.15) is 5.10 Å². The molecule has 3 N–H and O–H groups in total. The second kappa shape index (κ2) is 9.31. The fourth-order valence-corrected chi connectivity index (χ4v) is 4.88. The van der Waals surface area contributed by atoms with E-state index in [2.05, 4.69) is 35.5 Å². The summed E-state index contributed by atoms with van der Waals surface area (Å²) in [5.41, 5.74) is 5.73. The van der Waals surface area contributed by atoms with E-state index in [0.29, 0.717) is 28.3 Å². The van der Waals surface area contributed by atoms with Crippen LogP contribution in [0.4, 0.5) is 4.39 Å². The van der Waals surface area contributed by atoms with Crippen LogP contribution in [-0.4, -0.2) is 54.3 Å². The number of fused-ring (bicyclic) bond motifs is 2. The van der Waals surface area contributed by atoms with Crippen molar-refractivity contribution in [3.8, 4) is 39.8 Å². The number of hydrogen-bond acceptors (Lipinski definition) is 7. The molecule has 10 heteroatoms. The van der Waals surface area contributed by atoms with Gasteiger partial charge in [0.25, 0.3) is 0 Å². The molecule has 1 aliphatic rings. The highest BCUT2D eigenvalue weighted by atomic mass is 19.1. The first-order chi connectivity index (χ1) is 18.7. The van der Waals surface area contributed by atoms with Crippen molar-refractivity contribution in [3.63, 3.8) is 0 Å². The minimum atomic E-state index is -0.324. The van der Waals surface area contributed by atoms with Gasteiger partial charge >= 0.3 is 0 Å². The molecule has 0 saturated carbocycles. The number of nitrogens with one attached hydrogen (secondary N) is 3. The molecule has 1 aliphatic heterocycles. The van der Waals surface area contributed by atoms with E-state index < -0.39 is 0 Å². The molecule has 6 heterocycles. The number of aromatic nitrogens is 7. The minimum Gasteiger partial charge on any atom is -0.489 e. The Morgan fingerprint density at radius 2 is 1.82 bits per heavy atom. The number of pyridine rings is 3. The maximum Gasteiger partial charge on any atom is 0.159 e. The van der Waals surface area contributed by atoms with Crippen LogP contribution in [0.2, 0.25) is 0 Å². The van der Waals surface area contributed by atoms with E-state index in [-0.39, 0.29) is 11.9 Å². The molecular weight excluding hydrogens is 483 g/mol. The van der Waals surface area contributed by atoms with Crippen molar-refractivity contribution in [3.05, 3.63) is 73.1 Å². The molecule has 0 spiro atoms. The zero-order chi connectivity index (χ0) is 25.5. The number of rotatable bonds is 5. The maximum absolute atomic E-state index is 13.9. The largest absolute Gasteiger partial charge is 0.489 e. The van der Waals surface area contributed by atoms with Gasteiger partial charge in [0.15, 0.2) is 5.82 Å². The lowest BCUT2D eigenvalue weighted by Crippen LogP contribution is -2.34. The number of imidazole rings is 1. The average Bonchev–Trinajstić information content (AvgIpc) is 3.57. The number of aromatic amines is 2. The van der Waals surface area contributed by atoms with Crippen LogP contribution in [0.1, 0.15) is 12.8 Å². The predicted octanol–water partition coefficient (Wildman–Crippen LogP) is 4.90. The number of halogens is 1. The molecular formula is C28H23FN8O. The summed E-state index contributed by atoms with van der Waals surface area (Å²) in [6, 6.07) is 12.1. The molecule has 0 radical (unpaired) electrons. The van der Waals surface area contributed by atoms with Gasteiger partial charge in [-0.25, -0.2) is 9.37 Å². The van der Waals surface area contributed by atoms with Crippen molar-refractivity contribution >= 4 is 21.9 Å². The van der Waals surface area contributed by atoms with E-state index >= 15 is 0 Å². The van der Waals surface area contributed by atoms with Crippen LogP contribution >= 0.6 is 0 Å². The van der Waals surface area contributed by atoms with Gasteiger partial charge in [-0.05, 0) is 56.3 Å². The standard InChI is InChI=1S/C28H23FN8O/c29-18-3-1-2-16(10-18)25-27-22(6-9-32-25)34-28(35-27)26-21-12-23(33-15-24(21)36-37-26)17-11-20(14-31-13-17)38-19-4-7-30-8-5-19/h1-3,6,9-15,19,30H,4-5,7-8H2,(H,34,35)(H,36,37). The number of nitrogens with zero attached hydrogens (tertiary/aromatic N) is 5. The first-order valence-corrected chi connectivity index (χ1v) is 12.5. The Labute approximate surface area is 216 Å².